The maximum absolute atomic E-state index is 12.1. The average molecular weight is 294 g/mol. The molecule has 112 valence electrons. The number of carbonyl (C=O) groups is 1. The Morgan fingerprint density at radius 1 is 1.37 bits per heavy atom. The Hall–Kier alpha value is -0.700. The molecule has 1 unspecified atom stereocenters. The van der Waals surface area contributed by atoms with Crippen molar-refractivity contribution in [2.45, 2.75) is 26.3 Å². The molecule has 19 heavy (non-hydrogen) atoms. The van der Waals surface area contributed by atoms with Crippen molar-refractivity contribution in [1.82, 2.24) is 9.03 Å². The van der Waals surface area contributed by atoms with Crippen molar-refractivity contribution in [3.05, 3.63) is 0 Å². The second-order valence-electron chi connectivity index (χ2n) is 4.84. The lowest BCUT2D eigenvalue weighted by molar-refractivity contribution is -0.143. The Morgan fingerprint density at radius 3 is 2.42 bits per heavy atom. The largest absolute Gasteiger partial charge is 0.468 e. The molecule has 0 aromatic rings. The molecule has 1 saturated heterocycles. The van der Waals surface area contributed by atoms with Gasteiger partial charge in [0.15, 0.2) is 0 Å². The molecule has 1 fully saturated rings. The monoisotopic (exact) mass is 294 g/mol. The first-order chi connectivity index (χ1) is 8.86. The first kappa shape index (κ1) is 16.4. The van der Waals surface area contributed by atoms with Crippen LogP contribution in [0, 0.1) is 5.92 Å². The highest BCUT2D eigenvalue weighted by Gasteiger charge is 2.31. The van der Waals surface area contributed by atoms with E-state index in [0.717, 1.165) is 0 Å². The van der Waals surface area contributed by atoms with Gasteiger partial charge >= 0.3 is 5.97 Å². The van der Waals surface area contributed by atoms with E-state index in [1.165, 1.54) is 11.4 Å². The van der Waals surface area contributed by atoms with Gasteiger partial charge in [-0.1, -0.05) is 13.8 Å². The molecule has 1 heterocycles. The summed E-state index contributed by atoms with van der Waals surface area (Å²) in [5.74, 6) is -0.387. The Kier molecular flexibility index (Phi) is 6.18. The number of esters is 1. The van der Waals surface area contributed by atoms with Crippen LogP contribution in [-0.2, 0) is 24.5 Å². The lowest BCUT2D eigenvalue weighted by Gasteiger charge is -2.28. The highest BCUT2D eigenvalue weighted by atomic mass is 32.2. The molecule has 1 N–H and O–H groups in total. The predicted molar refractivity (Wildman–Crippen MR) is 69.7 cm³/mol. The van der Waals surface area contributed by atoms with Crippen molar-refractivity contribution < 1.29 is 22.7 Å². The Morgan fingerprint density at radius 2 is 1.95 bits per heavy atom. The van der Waals surface area contributed by atoms with E-state index in [9.17, 15) is 13.2 Å². The van der Waals surface area contributed by atoms with Crippen LogP contribution in [0.5, 0.6) is 0 Å². The molecule has 1 atom stereocenters. The van der Waals surface area contributed by atoms with Crippen molar-refractivity contribution >= 4 is 16.2 Å². The summed E-state index contributed by atoms with van der Waals surface area (Å²) in [6, 6.07) is -0.849. The maximum Gasteiger partial charge on any atom is 0.323 e. The van der Waals surface area contributed by atoms with E-state index in [-0.39, 0.29) is 5.92 Å². The van der Waals surface area contributed by atoms with Gasteiger partial charge in [0.2, 0.25) is 0 Å². The topological polar surface area (TPSA) is 84.9 Å². The Balaban J connectivity index is 2.73. The van der Waals surface area contributed by atoms with Gasteiger partial charge in [-0.3, -0.25) is 4.79 Å². The van der Waals surface area contributed by atoms with E-state index < -0.39 is 22.2 Å². The van der Waals surface area contributed by atoms with Gasteiger partial charge in [0, 0.05) is 13.1 Å². The second kappa shape index (κ2) is 7.18. The quantitative estimate of drug-likeness (QED) is 0.682. The number of nitrogens with zero attached hydrogens (tertiary/aromatic N) is 1. The van der Waals surface area contributed by atoms with Gasteiger partial charge in [-0.25, -0.2) is 0 Å². The number of nitrogens with one attached hydrogen (secondary N) is 1. The molecule has 0 amide bonds. The highest BCUT2D eigenvalue weighted by Crippen LogP contribution is 2.10. The van der Waals surface area contributed by atoms with E-state index in [1.807, 2.05) is 13.8 Å². The number of morpholine rings is 1. The third kappa shape index (κ3) is 5.06. The lowest BCUT2D eigenvalue weighted by atomic mass is 10.1. The molecule has 0 saturated carbocycles. The molecule has 1 aliphatic heterocycles. The first-order valence-electron chi connectivity index (χ1n) is 6.29. The van der Waals surface area contributed by atoms with Crippen LogP contribution >= 0.6 is 0 Å². The minimum Gasteiger partial charge on any atom is -0.468 e. The molecule has 7 nitrogen and oxygen atoms in total. The summed E-state index contributed by atoms with van der Waals surface area (Å²) < 4.78 is 37.7. The smallest absolute Gasteiger partial charge is 0.323 e. The fraction of sp³-hybridized carbons (Fsp3) is 0.909. The van der Waals surface area contributed by atoms with Crippen LogP contribution in [-0.4, -0.2) is 58.1 Å². The number of hydrogen-bond donors (Lipinski definition) is 1. The fourth-order valence-corrected chi connectivity index (χ4v) is 3.18. The predicted octanol–water partition coefficient (Wildman–Crippen LogP) is -0.259. The molecule has 0 radical (unpaired) electrons. The molecule has 1 rings (SSSR count). The Labute approximate surface area is 114 Å². The standard InChI is InChI=1S/C11H22N2O5S/c1-9(2)8-10(11(14)17-3)12-19(15,16)13-4-6-18-7-5-13/h9-10,12H,4-8H2,1-3H3. The zero-order valence-electron chi connectivity index (χ0n) is 11.6. The molecule has 0 spiro atoms. The van der Waals surface area contributed by atoms with Crippen molar-refractivity contribution in [3.8, 4) is 0 Å². The SMILES string of the molecule is COC(=O)C(CC(C)C)NS(=O)(=O)N1CCOCC1. The number of hydrogen-bond acceptors (Lipinski definition) is 5. The van der Waals surface area contributed by atoms with Crippen LogP contribution in [0.15, 0.2) is 0 Å². The molecule has 0 bridgehead atoms. The van der Waals surface area contributed by atoms with Gasteiger partial charge in [0.05, 0.1) is 20.3 Å². The zero-order valence-corrected chi connectivity index (χ0v) is 12.4. The molecular formula is C11H22N2O5S. The van der Waals surface area contributed by atoms with Crippen molar-refractivity contribution in [2.24, 2.45) is 5.92 Å². The van der Waals surface area contributed by atoms with Gasteiger partial charge in [-0.2, -0.15) is 17.4 Å². The van der Waals surface area contributed by atoms with Crippen LogP contribution < -0.4 is 4.72 Å². The number of rotatable bonds is 6. The van der Waals surface area contributed by atoms with Crippen LogP contribution in [0.2, 0.25) is 0 Å². The number of methoxy groups -OCH3 is 1. The first-order valence-corrected chi connectivity index (χ1v) is 7.73. The van der Waals surface area contributed by atoms with E-state index >= 15 is 0 Å². The second-order valence-corrected chi connectivity index (χ2v) is 6.54. The van der Waals surface area contributed by atoms with Crippen molar-refractivity contribution in [2.75, 3.05) is 33.4 Å². The van der Waals surface area contributed by atoms with Gasteiger partial charge < -0.3 is 9.47 Å². The number of ether oxygens (including phenoxy) is 2. The summed E-state index contributed by atoms with van der Waals surface area (Å²) >= 11 is 0. The molecule has 0 aliphatic carbocycles. The van der Waals surface area contributed by atoms with E-state index in [4.69, 9.17) is 4.74 Å². The minimum absolute atomic E-state index is 0.177. The summed E-state index contributed by atoms with van der Waals surface area (Å²) in [6.07, 6.45) is 0.399. The Bertz CT molecular complexity index is 390. The maximum atomic E-state index is 12.1. The molecule has 0 aromatic carbocycles. The van der Waals surface area contributed by atoms with Gasteiger partial charge in [-0.15, -0.1) is 0 Å². The summed E-state index contributed by atoms with van der Waals surface area (Å²) in [5, 5.41) is 0. The van der Waals surface area contributed by atoms with E-state index in [0.29, 0.717) is 32.7 Å². The van der Waals surface area contributed by atoms with Crippen molar-refractivity contribution in [3.63, 3.8) is 0 Å². The van der Waals surface area contributed by atoms with Gasteiger partial charge in [-0.05, 0) is 12.3 Å². The lowest BCUT2D eigenvalue weighted by Crippen LogP contribution is -2.52. The third-order valence-corrected chi connectivity index (χ3v) is 4.42. The summed E-state index contributed by atoms with van der Waals surface area (Å²) in [5.41, 5.74) is 0. The zero-order chi connectivity index (χ0) is 14.5. The van der Waals surface area contributed by atoms with Gasteiger partial charge in [0.25, 0.3) is 10.2 Å². The van der Waals surface area contributed by atoms with Crippen LogP contribution in [0.4, 0.5) is 0 Å². The summed E-state index contributed by atoms with van der Waals surface area (Å²) in [7, 11) is -2.43. The summed E-state index contributed by atoms with van der Waals surface area (Å²) in [4.78, 5) is 11.6. The fourth-order valence-electron chi connectivity index (χ4n) is 1.85. The van der Waals surface area contributed by atoms with E-state index in [2.05, 4.69) is 9.46 Å². The van der Waals surface area contributed by atoms with Crippen molar-refractivity contribution in [1.29, 1.82) is 0 Å². The summed E-state index contributed by atoms with van der Waals surface area (Å²) in [6.45, 7) is 5.16. The molecule has 8 heteroatoms. The normalized spacial score (nSPS) is 19.4. The van der Waals surface area contributed by atoms with Crippen LogP contribution in [0.1, 0.15) is 20.3 Å². The average Bonchev–Trinajstić information content (AvgIpc) is 2.37. The minimum atomic E-state index is -3.68. The molecule has 1 aliphatic rings. The van der Waals surface area contributed by atoms with Crippen LogP contribution in [0.3, 0.4) is 0 Å². The highest BCUT2D eigenvalue weighted by molar-refractivity contribution is 7.87. The number of carbonyl (C=O) groups excluding carboxylic acids is 1. The van der Waals surface area contributed by atoms with Gasteiger partial charge in [0.1, 0.15) is 6.04 Å². The molecule has 0 aromatic heterocycles. The van der Waals surface area contributed by atoms with E-state index in [1.54, 1.807) is 0 Å². The molecular weight excluding hydrogens is 272 g/mol. The van der Waals surface area contributed by atoms with Crippen LogP contribution in [0.25, 0.3) is 0 Å². The third-order valence-electron chi connectivity index (χ3n) is 2.79.